The first-order valence-electron chi connectivity index (χ1n) is 14.9. The number of phenols is 1. The van der Waals surface area contributed by atoms with Crippen LogP contribution in [-0.4, -0.2) is 54.9 Å². The summed E-state index contributed by atoms with van der Waals surface area (Å²) in [5.41, 5.74) is 3.99. The Kier molecular flexibility index (Phi) is 10.7. The fraction of sp³-hybridized carbons (Fsp3) is 0.314. The number of likely N-dealkylation sites (N-methyl/N-ethyl adjacent to an activating group) is 1. The number of benzene rings is 4. The van der Waals surface area contributed by atoms with Gasteiger partial charge >= 0.3 is 0 Å². The van der Waals surface area contributed by atoms with Crippen molar-refractivity contribution in [1.29, 1.82) is 0 Å². The lowest BCUT2D eigenvalue weighted by Crippen LogP contribution is -2.44. The van der Waals surface area contributed by atoms with Gasteiger partial charge in [-0.3, -0.25) is 0 Å². The Morgan fingerprint density at radius 1 is 0.867 bits per heavy atom. The first kappa shape index (κ1) is 32.8. The van der Waals surface area contributed by atoms with Gasteiger partial charge in [-0.15, -0.1) is 0 Å². The molecule has 1 saturated heterocycles. The smallest absolute Gasteiger partial charge is 0.240 e. The summed E-state index contributed by atoms with van der Waals surface area (Å²) in [6, 6.07) is 30.0. The SMILES string of the molecule is CC1C(CN(C)CC(O)c2cccc(O)c2)OC(c2ccc(CNS(=O)(=O)c3ccccc3)cc2)OC1c1ccc(CO)cc1. The third-order valence-electron chi connectivity index (χ3n) is 8.13. The zero-order valence-corrected chi connectivity index (χ0v) is 26.2. The number of aliphatic hydroxyl groups is 2. The van der Waals surface area contributed by atoms with Crippen LogP contribution in [0, 0.1) is 5.92 Å². The molecule has 1 aliphatic rings. The molecule has 0 bridgehead atoms. The number of nitrogens with zero attached hydrogens (tertiary/aromatic N) is 1. The lowest BCUT2D eigenvalue weighted by molar-refractivity contribution is -0.276. The predicted octanol–water partition coefficient (Wildman–Crippen LogP) is 4.82. The molecule has 0 saturated carbocycles. The predicted molar refractivity (Wildman–Crippen MR) is 170 cm³/mol. The highest BCUT2D eigenvalue weighted by Gasteiger charge is 2.39. The fourth-order valence-corrected chi connectivity index (χ4v) is 6.54. The minimum atomic E-state index is -3.64. The maximum Gasteiger partial charge on any atom is 0.240 e. The Hall–Kier alpha value is -3.61. The van der Waals surface area contributed by atoms with Gasteiger partial charge in [-0.25, -0.2) is 13.1 Å². The van der Waals surface area contributed by atoms with Gasteiger partial charge in [0.15, 0.2) is 6.29 Å². The van der Waals surface area contributed by atoms with Crippen molar-refractivity contribution < 1.29 is 33.2 Å². The van der Waals surface area contributed by atoms with Crippen molar-refractivity contribution in [2.75, 3.05) is 20.1 Å². The highest BCUT2D eigenvalue weighted by Crippen LogP contribution is 2.42. The molecule has 0 aromatic heterocycles. The van der Waals surface area contributed by atoms with Gasteiger partial charge in [0.2, 0.25) is 10.0 Å². The fourth-order valence-electron chi connectivity index (χ4n) is 5.50. The summed E-state index contributed by atoms with van der Waals surface area (Å²) >= 11 is 0. The molecule has 0 spiro atoms. The molecule has 10 heteroatoms. The molecular formula is C35H40N2O7S. The third kappa shape index (κ3) is 8.36. The zero-order valence-electron chi connectivity index (χ0n) is 25.4. The van der Waals surface area contributed by atoms with E-state index in [1.165, 1.54) is 0 Å². The Morgan fingerprint density at radius 3 is 2.20 bits per heavy atom. The van der Waals surface area contributed by atoms with E-state index < -0.39 is 22.4 Å². The summed E-state index contributed by atoms with van der Waals surface area (Å²) in [7, 11) is -1.72. The second-order valence-electron chi connectivity index (χ2n) is 11.5. The molecule has 5 rings (SSSR count). The molecule has 1 aliphatic heterocycles. The number of phenolic OH excluding ortho intramolecular Hbond substituents is 1. The van der Waals surface area contributed by atoms with Crippen molar-refractivity contribution in [2.45, 2.75) is 49.6 Å². The van der Waals surface area contributed by atoms with E-state index >= 15 is 0 Å². The standard InChI is InChI=1S/C35H40N2O7S/c1-24-33(22-37(2)21-32(40)29-7-6-8-30(39)19-29)43-35(44-34(24)27-15-13-26(23-38)14-16-27)28-17-11-25(12-18-28)20-36-45(41,42)31-9-4-3-5-10-31/h3-19,24,32-36,38-40H,20-23H2,1-2H3. The quantitative estimate of drug-likeness (QED) is 0.175. The molecule has 0 aliphatic carbocycles. The summed E-state index contributed by atoms with van der Waals surface area (Å²) in [6.07, 6.45) is -2.04. The van der Waals surface area contributed by atoms with Crippen molar-refractivity contribution in [3.05, 3.63) is 131 Å². The van der Waals surface area contributed by atoms with Crippen LogP contribution in [0.15, 0.2) is 108 Å². The van der Waals surface area contributed by atoms with Gasteiger partial charge < -0.3 is 29.7 Å². The second-order valence-corrected chi connectivity index (χ2v) is 13.3. The number of aliphatic hydroxyl groups excluding tert-OH is 2. The van der Waals surface area contributed by atoms with E-state index in [1.807, 2.05) is 60.5 Å². The van der Waals surface area contributed by atoms with Gasteiger partial charge in [0.05, 0.1) is 29.8 Å². The number of hydrogen-bond acceptors (Lipinski definition) is 8. The highest BCUT2D eigenvalue weighted by molar-refractivity contribution is 7.89. The zero-order chi connectivity index (χ0) is 32.0. The van der Waals surface area contributed by atoms with Gasteiger partial charge in [-0.1, -0.05) is 85.8 Å². The summed E-state index contributed by atoms with van der Waals surface area (Å²) in [5.74, 6) is 0.0568. The molecule has 4 aromatic rings. The average Bonchev–Trinajstić information content (AvgIpc) is 3.05. The van der Waals surface area contributed by atoms with Crippen molar-refractivity contribution >= 4 is 10.0 Å². The minimum Gasteiger partial charge on any atom is -0.508 e. The molecule has 4 N–H and O–H groups in total. The Morgan fingerprint density at radius 2 is 1.53 bits per heavy atom. The molecular weight excluding hydrogens is 592 g/mol. The van der Waals surface area contributed by atoms with E-state index in [-0.39, 0.29) is 41.9 Å². The number of hydrogen-bond donors (Lipinski definition) is 4. The van der Waals surface area contributed by atoms with Gasteiger partial charge in [-0.2, -0.15) is 0 Å². The van der Waals surface area contributed by atoms with Gasteiger partial charge in [0.25, 0.3) is 0 Å². The van der Waals surface area contributed by atoms with E-state index in [1.54, 1.807) is 54.6 Å². The molecule has 5 unspecified atom stereocenters. The molecule has 0 radical (unpaired) electrons. The van der Waals surface area contributed by atoms with Crippen LogP contribution in [0.5, 0.6) is 5.75 Å². The van der Waals surface area contributed by atoms with Crippen molar-refractivity contribution in [3.63, 3.8) is 0 Å². The van der Waals surface area contributed by atoms with Gasteiger partial charge in [-0.05, 0) is 53.6 Å². The molecule has 4 aromatic carbocycles. The second kappa shape index (κ2) is 14.7. The van der Waals surface area contributed by atoms with Crippen LogP contribution in [0.25, 0.3) is 0 Å². The van der Waals surface area contributed by atoms with Gasteiger partial charge in [0, 0.05) is 31.1 Å². The molecule has 0 amide bonds. The van der Waals surface area contributed by atoms with Crippen molar-refractivity contribution in [2.24, 2.45) is 5.92 Å². The largest absolute Gasteiger partial charge is 0.508 e. The van der Waals surface area contributed by atoms with Crippen LogP contribution in [0.1, 0.15) is 53.2 Å². The van der Waals surface area contributed by atoms with Crippen LogP contribution in [0.3, 0.4) is 0 Å². The Labute approximate surface area is 264 Å². The average molecular weight is 633 g/mol. The molecule has 5 atom stereocenters. The third-order valence-corrected chi connectivity index (χ3v) is 9.54. The van der Waals surface area contributed by atoms with Crippen LogP contribution in [0.4, 0.5) is 0 Å². The lowest BCUT2D eigenvalue weighted by Gasteiger charge is -2.42. The molecule has 1 heterocycles. The Bertz CT molecular complexity index is 1630. The van der Waals surface area contributed by atoms with E-state index in [9.17, 15) is 23.7 Å². The summed E-state index contributed by atoms with van der Waals surface area (Å²) in [5, 5.41) is 30.2. The highest BCUT2D eigenvalue weighted by atomic mass is 32.2. The number of rotatable bonds is 12. The maximum absolute atomic E-state index is 12.7. The first-order chi connectivity index (χ1) is 21.6. The van der Waals surface area contributed by atoms with Gasteiger partial charge in [0.1, 0.15) is 5.75 Å². The van der Waals surface area contributed by atoms with E-state index in [0.29, 0.717) is 18.7 Å². The molecule has 9 nitrogen and oxygen atoms in total. The molecule has 1 fully saturated rings. The molecule has 45 heavy (non-hydrogen) atoms. The monoisotopic (exact) mass is 632 g/mol. The van der Waals surface area contributed by atoms with E-state index in [2.05, 4.69) is 11.6 Å². The normalized spacial score (nSPS) is 21.1. The summed E-state index contributed by atoms with van der Waals surface area (Å²) in [6.45, 7) is 3.02. The minimum absolute atomic E-state index is 0.0458. The number of ether oxygens (including phenoxy) is 2. The lowest BCUT2D eigenvalue weighted by atomic mass is 9.90. The summed E-state index contributed by atoms with van der Waals surface area (Å²) < 4.78 is 41.0. The number of nitrogens with one attached hydrogen (secondary N) is 1. The van der Waals surface area contributed by atoms with Crippen molar-refractivity contribution in [1.82, 2.24) is 9.62 Å². The van der Waals surface area contributed by atoms with Crippen LogP contribution >= 0.6 is 0 Å². The van der Waals surface area contributed by atoms with Crippen molar-refractivity contribution in [3.8, 4) is 5.75 Å². The maximum atomic E-state index is 12.7. The summed E-state index contributed by atoms with van der Waals surface area (Å²) in [4.78, 5) is 2.22. The first-order valence-corrected chi connectivity index (χ1v) is 16.4. The molecule has 238 valence electrons. The van der Waals surface area contributed by atoms with Crippen LogP contribution in [-0.2, 0) is 32.6 Å². The van der Waals surface area contributed by atoms with E-state index in [0.717, 1.165) is 22.3 Å². The topological polar surface area (TPSA) is 129 Å². The number of sulfonamides is 1. The van der Waals surface area contributed by atoms with E-state index in [4.69, 9.17) is 9.47 Å². The number of aromatic hydroxyl groups is 1. The van der Waals surface area contributed by atoms with Crippen LogP contribution < -0.4 is 4.72 Å². The Balaban J connectivity index is 1.31. The van der Waals surface area contributed by atoms with Crippen LogP contribution in [0.2, 0.25) is 0 Å².